The van der Waals surface area contributed by atoms with Crippen molar-refractivity contribution in [3.05, 3.63) is 65.3 Å². The lowest BCUT2D eigenvalue weighted by molar-refractivity contribution is -0.152. The quantitative estimate of drug-likeness (QED) is 0.561. The van der Waals surface area contributed by atoms with Crippen LogP contribution in [0.3, 0.4) is 0 Å². The molecule has 1 atom stereocenters. The van der Waals surface area contributed by atoms with Gasteiger partial charge in [-0.3, -0.25) is 14.4 Å². The number of amides is 2. The predicted molar refractivity (Wildman–Crippen MR) is 102 cm³/mol. The number of carbonyl (C=O) groups excluding carboxylic acids is 3. The predicted octanol–water partition coefficient (Wildman–Crippen LogP) is 2.43. The number of aromatic nitrogens is 1. The molecule has 0 unspecified atom stereocenters. The van der Waals surface area contributed by atoms with Gasteiger partial charge in [-0.15, -0.1) is 0 Å². The Labute approximate surface area is 161 Å². The molecule has 1 aromatic carbocycles. The lowest BCUT2D eigenvalue weighted by atomic mass is 10.2. The molecular formula is C19H18ClN3O4. The number of nitrogens with one attached hydrogen (secondary N) is 2. The zero-order valence-corrected chi connectivity index (χ0v) is 15.3. The van der Waals surface area contributed by atoms with Crippen molar-refractivity contribution in [2.45, 2.75) is 13.0 Å². The summed E-state index contributed by atoms with van der Waals surface area (Å²) in [6.45, 7) is 1.06. The van der Waals surface area contributed by atoms with E-state index in [0.29, 0.717) is 5.02 Å². The van der Waals surface area contributed by atoms with Crippen LogP contribution in [0.4, 0.5) is 5.82 Å². The van der Waals surface area contributed by atoms with Crippen LogP contribution in [0.2, 0.25) is 5.02 Å². The molecule has 0 saturated carbocycles. The normalized spacial score (nSPS) is 11.6. The van der Waals surface area contributed by atoms with Crippen LogP contribution >= 0.6 is 11.6 Å². The average molecular weight is 388 g/mol. The molecule has 0 radical (unpaired) electrons. The monoisotopic (exact) mass is 387 g/mol. The minimum Gasteiger partial charge on any atom is -0.451 e. The zero-order chi connectivity index (χ0) is 19.6. The number of hydrogen-bond donors (Lipinski definition) is 2. The van der Waals surface area contributed by atoms with E-state index in [1.165, 1.54) is 25.3 Å². The van der Waals surface area contributed by atoms with Gasteiger partial charge in [-0.1, -0.05) is 41.9 Å². The van der Waals surface area contributed by atoms with Gasteiger partial charge in [-0.05, 0) is 30.7 Å². The van der Waals surface area contributed by atoms with Gasteiger partial charge in [-0.2, -0.15) is 0 Å². The average Bonchev–Trinajstić information content (AvgIpc) is 2.67. The summed E-state index contributed by atoms with van der Waals surface area (Å²) < 4.78 is 4.98. The number of ether oxygens (including phenoxy) is 1. The summed E-state index contributed by atoms with van der Waals surface area (Å²) in [6, 6.07) is 12.3. The van der Waals surface area contributed by atoms with Crippen molar-refractivity contribution >= 4 is 41.3 Å². The summed E-state index contributed by atoms with van der Waals surface area (Å²) in [6.07, 6.45) is 3.26. The van der Waals surface area contributed by atoms with E-state index in [-0.39, 0.29) is 12.4 Å². The number of benzene rings is 1. The molecule has 0 fully saturated rings. The van der Waals surface area contributed by atoms with E-state index in [0.717, 1.165) is 5.56 Å². The zero-order valence-electron chi connectivity index (χ0n) is 14.5. The van der Waals surface area contributed by atoms with E-state index < -0.39 is 23.9 Å². The van der Waals surface area contributed by atoms with Crippen molar-refractivity contribution < 1.29 is 19.1 Å². The van der Waals surface area contributed by atoms with E-state index in [1.54, 1.807) is 12.1 Å². The van der Waals surface area contributed by atoms with Crippen LogP contribution in [-0.4, -0.2) is 35.4 Å². The summed E-state index contributed by atoms with van der Waals surface area (Å²) in [5.41, 5.74) is 0.858. The van der Waals surface area contributed by atoms with E-state index in [9.17, 15) is 14.4 Å². The number of nitrogens with zero attached hydrogens (tertiary/aromatic N) is 1. The van der Waals surface area contributed by atoms with Crippen LogP contribution in [0, 0.1) is 0 Å². The third-order valence-electron chi connectivity index (χ3n) is 3.29. The summed E-state index contributed by atoms with van der Waals surface area (Å²) in [5.74, 6) is -1.44. The Balaban J connectivity index is 1.74. The van der Waals surface area contributed by atoms with Crippen LogP contribution < -0.4 is 10.6 Å². The second-order valence-electron chi connectivity index (χ2n) is 5.44. The van der Waals surface area contributed by atoms with Gasteiger partial charge in [0.15, 0.2) is 6.10 Å². The van der Waals surface area contributed by atoms with Crippen LogP contribution in [0.25, 0.3) is 6.08 Å². The van der Waals surface area contributed by atoms with Gasteiger partial charge in [0.05, 0.1) is 5.02 Å². The Hall–Kier alpha value is -3.19. The summed E-state index contributed by atoms with van der Waals surface area (Å²) in [4.78, 5) is 39.4. The number of pyridine rings is 1. The number of anilines is 1. The molecule has 0 aliphatic carbocycles. The van der Waals surface area contributed by atoms with Crippen molar-refractivity contribution in [3.8, 4) is 0 Å². The molecule has 0 aliphatic heterocycles. The Morgan fingerprint density at radius 2 is 1.93 bits per heavy atom. The van der Waals surface area contributed by atoms with Crippen LogP contribution in [0.5, 0.6) is 0 Å². The molecule has 0 spiro atoms. The van der Waals surface area contributed by atoms with Gasteiger partial charge in [0, 0.05) is 12.3 Å². The largest absolute Gasteiger partial charge is 0.451 e. The van der Waals surface area contributed by atoms with E-state index in [2.05, 4.69) is 15.6 Å². The second kappa shape index (κ2) is 10.1. The molecule has 27 heavy (non-hydrogen) atoms. The first-order valence-corrected chi connectivity index (χ1v) is 8.44. The molecule has 0 aliphatic rings. The van der Waals surface area contributed by atoms with Crippen LogP contribution in [0.15, 0.2) is 54.7 Å². The number of carbonyl (C=O) groups is 3. The van der Waals surface area contributed by atoms with Crippen molar-refractivity contribution in [2.75, 3.05) is 11.9 Å². The second-order valence-corrected chi connectivity index (χ2v) is 5.88. The molecular weight excluding hydrogens is 370 g/mol. The molecule has 1 heterocycles. The van der Waals surface area contributed by atoms with Crippen molar-refractivity contribution in [2.24, 2.45) is 0 Å². The Kier molecular flexibility index (Phi) is 7.51. The highest BCUT2D eigenvalue weighted by atomic mass is 35.5. The molecule has 140 valence electrons. The van der Waals surface area contributed by atoms with Crippen LogP contribution in [0.1, 0.15) is 12.5 Å². The highest BCUT2D eigenvalue weighted by Gasteiger charge is 2.18. The van der Waals surface area contributed by atoms with Crippen molar-refractivity contribution in [3.63, 3.8) is 0 Å². The van der Waals surface area contributed by atoms with E-state index >= 15 is 0 Å². The van der Waals surface area contributed by atoms with Crippen LogP contribution in [-0.2, 0) is 19.1 Å². The minimum absolute atomic E-state index is 0.284. The topological polar surface area (TPSA) is 97.4 Å². The number of esters is 1. The van der Waals surface area contributed by atoms with Gasteiger partial charge in [0.25, 0.3) is 5.91 Å². The third kappa shape index (κ3) is 7.29. The van der Waals surface area contributed by atoms with Gasteiger partial charge >= 0.3 is 5.97 Å². The Morgan fingerprint density at radius 3 is 2.59 bits per heavy atom. The summed E-state index contributed by atoms with van der Waals surface area (Å²) >= 11 is 5.71. The third-order valence-corrected chi connectivity index (χ3v) is 3.51. The number of hydrogen-bond acceptors (Lipinski definition) is 5. The standard InChI is InChI=1S/C19H18ClN3O4/c1-13(19(26)23-16-9-8-15(20)11-21-16)27-18(25)12-22-17(24)10-7-14-5-3-2-4-6-14/h2-11,13H,12H2,1H3,(H,22,24)(H,21,23,26)/b10-7+/t13-/m1/s1. The fraction of sp³-hybridized carbons (Fsp3) is 0.158. The number of rotatable bonds is 7. The molecule has 2 rings (SSSR count). The molecule has 2 amide bonds. The van der Waals surface area contributed by atoms with E-state index in [1.807, 2.05) is 30.3 Å². The van der Waals surface area contributed by atoms with Gasteiger partial charge in [0.1, 0.15) is 12.4 Å². The first kappa shape index (κ1) is 20.1. The fourth-order valence-electron chi connectivity index (χ4n) is 1.92. The molecule has 1 aromatic heterocycles. The molecule has 7 nitrogen and oxygen atoms in total. The Morgan fingerprint density at radius 1 is 1.19 bits per heavy atom. The number of halogens is 1. The van der Waals surface area contributed by atoms with Gasteiger partial charge in [-0.25, -0.2) is 4.98 Å². The molecule has 2 aromatic rings. The maximum absolute atomic E-state index is 12.0. The lowest BCUT2D eigenvalue weighted by Gasteiger charge is -2.13. The highest BCUT2D eigenvalue weighted by molar-refractivity contribution is 6.30. The Bertz CT molecular complexity index is 823. The fourth-order valence-corrected chi connectivity index (χ4v) is 2.04. The summed E-state index contributed by atoms with van der Waals surface area (Å²) in [7, 11) is 0. The van der Waals surface area contributed by atoms with Gasteiger partial charge < -0.3 is 15.4 Å². The van der Waals surface area contributed by atoms with Crippen molar-refractivity contribution in [1.82, 2.24) is 10.3 Å². The first-order chi connectivity index (χ1) is 12.9. The SMILES string of the molecule is C[C@@H](OC(=O)CNC(=O)/C=C/c1ccccc1)C(=O)Nc1ccc(Cl)cn1. The van der Waals surface area contributed by atoms with Crippen molar-refractivity contribution in [1.29, 1.82) is 0 Å². The van der Waals surface area contributed by atoms with Gasteiger partial charge in [0.2, 0.25) is 5.91 Å². The smallest absolute Gasteiger partial charge is 0.326 e. The molecule has 2 N–H and O–H groups in total. The summed E-state index contributed by atoms with van der Waals surface area (Å²) in [5, 5.41) is 5.32. The minimum atomic E-state index is -1.05. The molecule has 0 saturated heterocycles. The lowest BCUT2D eigenvalue weighted by Crippen LogP contribution is -2.35. The van der Waals surface area contributed by atoms with E-state index in [4.69, 9.17) is 16.3 Å². The first-order valence-electron chi connectivity index (χ1n) is 8.07. The molecule has 0 bridgehead atoms. The maximum Gasteiger partial charge on any atom is 0.326 e. The molecule has 8 heteroatoms. The highest BCUT2D eigenvalue weighted by Crippen LogP contribution is 2.10. The maximum atomic E-state index is 12.0.